The highest BCUT2D eigenvalue weighted by Gasteiger charge is 2.08. The number of carbonyl (C=O) groups excluding carboxylic acids is 2. The molecular weight excluding hydrogens is 334 g/mol. The lowest BCUT2D eigenvalue weighted by Gasteiger charge is -2.09. The fraction of sp³-hybridized carbons (Fsp3) is 0.200. The number of ether oxygens (including phenoxy) is 2. The average molecular weight is 355 g/mol. The van der Waals surface area contributed by atoms with E-state index in [0.29, 0.717) is 17.0 Å². The van der Waals surface area contributed by atoms with Crippen molar-refractivity contribution in [1.82, 2.24) is 0 Å². The standard InChI is InChI=1S/C20H21NO5/c1-13-4-5-14(2)16(10-13)21-19(23)12-26-20(24)9-7-15-6-8-17(22)18(11-15)25-3/h4-11,22H,12H2,1-3H3,(H,21,23)/b9-7-. The molecule has 0 heterocycles. The molecule has 0 saturated heterocycles. The molecular formula is C20H21NO5. The molecule has 6 nitrogen and oxygen atoms in total. The van der Waals surface area contributed by atoms with Gasteiger partial charge >= 0.3 is 5.97 Å². The molecule has 2 aromatic carbocycles. The first-order valence-electron chi connectivity index (χ1n) is 7.98. The van der Waals surface area contributed by atoms with Crippen LogP contribution in [0.4, 0.5) is 5.69 Å². The van der Waals surface area contributed by atoms with Crippen LogP contribution in [0.3, 0.4) is 0 Å². The van der Waals surface area contributed by atoms with Crippen molar-refractivity contribution in [1.29, 1.82) is 0 Å². The number of phenols is 1. The van der Waals surface area contributed by atoms with Crippen LogP contribution in [0, 0.1) is 13.8 Å². The van der Waals surface area contributed by atoms with E-state index < -0.39 is 11.9 Å². The number of nitrogens with one attached hydrogen (secondary N) is 1. The normalized spacial score (nSPS) is 10.6. The molecule has 0 spiro atoms. The van der Waals surface area contributed by atoms with Crippen LogP contribution in [0.15, 0.2) is 42.5 Å². The first-order chi connectivity index (χ1) is 12.4. The Labute approximate surface area is 152 Å². The maximum atomic E-state index is 11.9. The largest absolute Gasteiger partial charge is 0.504 e. The van der Waals surface area contributed by atoms with Gasteiger partial charge < -0.3 is 19.9 Å². The summed E-state index contributed by atoms with van der Waals surface area (Å²) in [4.78, 5) is 23.7. The summed E-state index contributed by atoms with van der Waals surface area (Å²) < 4.78 is 9.92. The molecule has 2 rings (SSSR count). The third kappa shape index (κ3) is 5.37. The number of hydrogen-bond donors (Lipinski definition) is 2. The van der Waals surface area contributed by atoms with Crippen LogP contribution in [0.5, 0.6) is 11.5 Å². The van der Waals surface area contributed by atoms with Crippen molar-refractivity contribution in [2.24, 2.45) is 0 Å². The lowest BCUT2D eigenvalue weighted by molar-refractivity contribution is -0.142. The van der Waals surface area contributed by atoms with Crippen molar-refractivity contribution in [3.8, 4) is 11.5 Å². The molecule has 1 amide bonds. The van der Waals surface area contributed by atoms with Crippen LogP contribution in [0.25, 0.3) is 6.08 Å². The van der Waals surface area contributed by atoms with Gasteiger partial charge in [-0.25, -0.2) is 4.79 Å². The lowest BCUT2D eigenvalue weighted by atomic mass is 10.1. The van der Waals surface area contributed by atoms with E-state index in [1.54, 1.807) is 12.1 Å². The average Bonchev–Trinajstić information content (AvgIpc) is 2.62. The molecule has 26 heavy (non-hydrogen) atoms. The molecule has 0 fully saturated rings. The fourth-order valence-electron chi connectivity index (χ4n) is 2.20. The Bertz CT molecular complexity index is 842. The molecule has 2 aromatic rings. The van der Waals surface area contributed by atoms with Gasteiger partial charge in [0, 0.05) is 11.8 Å². The maximum absolute atomic E-state index is 11.9. The summed E-state index contributed by atoms with van der Waals surface area (Å²) in [7, 11) is 1.44. The van der Waals surface area contributed by atoms with Gasteiger partial charge in [-0.1, -0.05) is 18.2 Å². The molecule has 6 heteroatoms. The quantitative estimate of drug-likeness (QED) is 0.614. The van der Waals surface area contributed by atoms with E-state index in [2.05, 4.69) is 5.32 Å². The molecule has 136 valence electrons. The van der Waals surface area contributed by atoms with Crippen molar-refractivity contribution in [2.45, 2.75) is 13.8 Å². The van der Waals surface area contributed by atoms with Gasteiger partial charge in [0.05, 0.1) is 7.11 Å². The second kappa shape index (κ2) is 8.71. The summed E-state index contributed by atoms with van der Waals surface area (Å²) in [5, 5.41) is 12.2. The van der Waals surface area contributed by atoms with Crippen LogP contribution in [0.2, 0.25) is 0 Å². The van der Waals surface area contributed by atoms with Gasteiger partial charge in [-0.15, -0.1) is 0 Å². The SMILES string of the molecule is COc1cc(/C=C\C(=O)OCC(=O)Nc2cc(C)ccc2C)ccc1O. The number of hydrogen-bond acceptors (Lipinski definition) is 5. The van der Waals surface area contributed by atoms with Crippen molar-refractivity contribution < 1.29 is 24.2 Å². The zero-order valence-electron chi connectivity index (χ0n) is 14.9. The minimum Gasteiger partial charge on any atom is -0.504 e. The van der Waals surface area contributed by atoms with Crippen molar-refractivity contribution >= 4 is 23.6 Å². The number of benzene rings is 2. The number of aromatic hydroxyl groups is 1. The first-order valence-corrected chi connectivity index (χ1v) is 7.98. The summed E-state index contributed by atoms with van der Waals surface area (Å²) >= 11 is 0. The van der Waals surface area contributed by atoms with E-state index in [9.17, 15) is 14.7 Å². The van der Waals surface area contributed by atoms with Gasteiger partial charge in [0.1, 0.15) is 0 Å². The number of aryl methyl sites for hydroxylation is 2. The van der Waals surface area contributed by atoms with Crippen LogP contribution >= 0.6 is 0 Å². The smallest absolute Gasteiger partial charge is 0.331 e. The monoisotopic (exact) mass is 355 g/mol. The second-order valence-electron chi connectivity index (χ2n) is 5.74. The number of anilines is 1. The van der Waals surface area contributed by atoms with E-state index in [0.717, 1.165) is 11.1 Å². The van der Waals surface area contributed by atoms with Crippen LogP contribution in [-0.2, 0) is 14.3 Å². The van der Waals surface area contributed by atoms with Crippen LogP contribution < -0.4 is 10.1 Å². The molecule has 0 radical (unpaired) electrons. The minimum atomic E-state index is -0.645. The minimum absolute atomic E-state index is 0.00957. The Balaban J connectivity index is 1.88. The lowest BCUT2D eigenvalue weighted by Crippen LogP contribution is -2.20. The Morgan fingerprint density at radius 3 is 2.65 bits per heavy atom. The molecule has 2 N–H and O–H groups in total. The molecule has 0 unspecified atom stereocenters. The molecule has 0 aliphatic carbocycles. The summed E-state index contributed by atoms with van der Waals surface area (Å²) in [5.74, 6) is -0.747. The number of amides is 1. The molecule has 0 saturated carbocycles. The van der Waals surface area contributed by atoms with Crippen molar-refractivity contribution in [3.63, 3.8) is 0 Å². The van der Waals surface area contributed by atoms with Crippen molar-refractivity contribution in [3.05, 3.63) is 59.2 Å². The van der Waals surface area contributed by atoms with Crippen LogP contribution in [0.1, 0.15) is 16.7 Å². The maximum Gasteiger partial charge on any atom is 0.331 e. The topological polar surface area (TPSA) is 84.9 Å². The highest BCUT2D eigenvalue weighted by molar-refractivity contribution is 5.95. The zero-order valence-corrected chi connectivity index (χ0v) is 14.9. The highest BCUT2D eigenvalue weighted by Crippen LogP contribution is 2.26. The molecule has 0 aromatic heterocycles. The highest BCUT2D eigenvalue weighted by atomic mass is 16.5. The number of carbonyl (C=O) groups is 2. The summed E-state index contributed by atoms with van der Waals surface area (Å²) in [6.07, 6.45) is 2.71. The number of esters is 1. The Kier molecular flexibility index (Phi) is 6.38. The van der Waals surface area contributed by atoms with Gasteiger partial charge in [0.15, 0.2) is 18.1 Å². The predicted octanol–water partition coefficient (Wildman–Crippen LogP) is 3.21. The zero-order chi connectivity index (χ0) is 19.1. The summed E-state index contributed by atoms with van der Waals surface area (Å²) in [5.41, 5.74) is 3.29. The first kappa shape index (κ1) is 19.1. The molecule has 0 aliphatic rings. The molecule has 0 bridgehead atoms. The number of phenolic OH excluding ortho intramolecular Hbond substituents is 1. The van der Waals surface area contributed by atoms with Gasteiger partial charge in [-0.05, 0) is 54.8 Å². The van der Waals surface area contributed by atoms with Gasteiger partial charge in [0.2, 0.25) is 0 Å². The van der Waals surface area contributed by atoms with E-state index in [1.807, 2.05) is 32.0 Å². The van der Waals surface area contributed by atoms with Gasteiger partial charge in [-0.3, -0.25) is 4.79 Å². The fourth-order valence-corrected chi connectivity index (χ4v) is 2.20. The summed E-state index contributed by atoms with van der Waals surface area (Å²) in [6.45, 7) is 3.43. The Hall–Kier alpha value is -3.28. The van der Waals surface area contributed by atoms with E-state index in [-0.39, 0.29) is 12.4 Å². The third-order valence-corrected chi connectivity index (χ3v) is 3.63. The Morgan fingerprint density at radius 2 is 1.92 bits per heavy atom. The molecule has 0 aliphatic heterocycles. The molecule has 0 atom stereocenters. The van der Waals surface area contributed by atoms with Crippen LogP contribution in [-0.4, -0.2) is 30.7 Å². The Morgan fingerprint density at radius 1 is 1.15 bits per heavy atom. The van der Waals surface area contributed by atoms with Gasteiger partial charge in [0.25, 0.3) is 5.91 Å². The van der Waals surface area contributed by atoms with Crippen molar-refractivity contribution in [2.75, 3.05) is 19.0 Å². The van der Waals surface area contributed by atoms with Gasteiger partial charge in [-0.2, -0.15) is 0 Å². The number of rotatable bonds is 6. The summed E-state index contributed by atoms with van der Waals surface area (Å²) in [6, 6.07) is 10.4. The predicted molar refractivity (Wildman–Crippen MR) is 99.2 cm³/mol. The second-order valence-corrected chi connectivity index (χ2v) is 5.74. The van der Waals surface area contributed by atoms with E-state index >= 15 is 0 Å². The van der Waals surface area contributed by atoms with E-state index in [1.165, 1.54) is 25.3 Å². The van der Waals surface area contributed by atoms with E-state index in [4.69, 9.17) is 9.47 Å². The third-order valence-electron chi connectivity index (χ3n) is 3.63. The number of methoxy groups -OCH3 is 1.